The van der Waals surface area contributed by atoms with Crippen LogP contribution >= 0.6 is 0 Å². The monoisotopic (exact) mass is 290 g/mol. The summed E-state index contributed by atoms with van der Waals surface area (Å²) < 4.78 is 0. The van der Waals surface area contributed by atoms with Gasteiger partial charge in [0, 0.05) is 19.1 Å². The summed E-state index contributed by atoms with van der Waals surface area (Å²) in [6.07, 6.45) is 2.42. The van der Waals surface area contributed by atoms with Gasteiger partial charge in [-0.05, 0) is 36.5 Å². The summed E-state index contributed by atoms with van der Waals surface area (Å²) in [6, 6.07) is 5.41. The molecule has 0 saturated carbocycles. The van der Waals surface area contributed by atoms with Crippen molar-refractivity contribution >= 4 is 12.0 Å². The maximum Gasteiger partial charge on any atom is 0.335 e. The van der Waals surface area contributed by atoms with Gasteiger partial charge >= 0.3 is 12.0 Å². The van der Waals surface area contributed by atoms with E-state index in [1.165, 1.54) is 0 Å². The number of hydrogen-bond acceptors (Lipinski definition) is 2. The first-order chi connectivity index (χ1) is 10.1. The van der Waals surface area contributed by atoms with Crippen LogP contribution in [0.4, 0.5) is 4.79 Å². The molecule has 0 aromatic heterocycles. The number of hydrogen-bond donors (Lipinski definition) is 2. The first kappa shape index (κ1) is 15.4. The zero-order valence-corrected chi connectivity index (χ0v) is 12.6. The van der Waals surface area contributed by atoms with Crippen LogP contribution in [0.3, 0.4) is 0 Å². The molecule has 2 N–H and O–H groups in total. The van der Waals surface area contributed by atoms with E-state index in [0.29, 0.717) is 25.1 Å². The summed E-state index contributed by atoms with van der Waals surface area (Å²) in [5.74, 6) is -0.901. The second-order valence-corrected chi connectivity index (χ2v) is 5.38. The summed E-state index contributed by atoms with van der Waals surface area (Å²) in [7, 11) is 0. The summed E-state index contributed by atoms with van der Waals surface area (Å²) >= 11 is 0. The second kappa shape index (κ2) is 6.61. The lowest BCUT2D eigenvalue weighted by molar-refractivity contribution is 0.0695. The van der Waals surface area contributed by atoms with Crippen molar-refractivity contribution in [3.8, 4) is 0 Å². The third-order valence-electron chi connectivity index (χ3n) is 4.10. The van der Waals surface area contributed by atoms with E-state index >= 15 is 0 Å². The highest BCUT2D eigenvalue weighted by Crippen LogP contribution is 2.22. The van der Waals surface area contributed by atoms with E-state index in [4.69, 9.17) is 0 Å². The minimum Gasteiger partial charge on any atom is -0.478 e. The van der Waals surface area contributed by atoms with E-state index in [1.54, 1.807) is 17.0 Å². The Morgan fingerprint density at radius 1 is 1.33 bits per heavy atom. The zero-order chi connectivity index (χ0) is 15.4. The molecular formula is C16H22N2O3. The van der Waals surface area contributed by atoms with Crippen molar-refractivity contribution in [2.24, 2.45) is 0 Å². The van der Waals surface area contributed by atoms with Crippen LogP contribution in [0.1, 0.15) is 48.2 Å². The van der Waals surface area contributed by atoms with Crippen molar-refractivity contribution in [2.75, 3.05) is 6.54 Å². The molecule has 1 aliphatic rings. The molecule has 1 aromatic carbocycles. The third-order valence-corrected chi connectivity index (χ3v) is 4.10. The van der Waals surface area contributed by atoms with Gasteiger partial charge in [0.15, 0.2) is 0 Å². The number of amides is 2. The van der Waals surface area contributed by atoms with Crippen LogP contribution in [0.15, 0.2) is 18.2 Å². The molecule has 0 aliphatic carbocycles. The van der Waals surface area contributed by atoms with Gasteiger partial charge in [-0.1, -0.05) is 26.0 Å². The van der Waals surface area contributed by atoms with Gasteiger partial charge < -0.3 is 15.3 Å². The van der Waals surface area contributed by atoms with Gasteiger partial charge in [0.2, 0.25) is 0 Å². The normalized spacial score (nSPS) is 14.0. The Morgan fingerprint density at radius 2 is 2.05 bits per heavy atom. The Kier molecular flexibility index (Phi) is 4.83. The molecule has 5 heteroatoms. The van der Waals surface area contributed by atoms with Gasteiger partial charge in [0.25, 0.3) is 0 Å². The Hall–Kier alpha value is -2.04. The van der Waals surface area contributed by atoms with Crippen LogP contribution in [0.25, 0.3) is 0 Å². The van der Waals surface area contributed by atoms with Gasteiger partial charge in [-0.25, -0.2) is 9.59 Å². The highest BCUT2D eigenvalue weighted by molar-refractivity contribution is 5.90. The molecule has 0 radical (unpaired) electrons. The Morgan fingerprint density at radius 3 is 2.67 bits per heavy atom. The van der Waals surface area contributed by atoms with Crippen LogP contribution in [0, 0.1) is 0 Å². The average molecular weight is 290 g/mol. The number of rotatable bonds is 4. The standard InChI is InChI=1S/C16H22N2O3/c1-3-12(4-2)17-16(21)18-9-8-13-11(10-18)6-5-7-14(13)15(19)20/h5-7,12H,3-4,8-10H2,1-2H3,(H,17,21)(H,19,20). The van der Waals surface area contributed by atoms with Crippen molar-refractivity contribution < 1.29 is 14.7 Å². The molecule has 1 aromatic rings. The summed E-state index contributed by atoms with van der Waals surface area (Å²) in [5.41, 5.74) is 2.14. The first-order valence-corrected chi connectivity index (χ1v) is 7.46. The van der Waals surface area contributed by atoms with E-state index in [9.17, 15) is 14.7 Å². The maximum atomic E-state index is 12.3. The predicted molar refractivity (Wildman–Crippen MR) is 80.4 cm³/mol. The van der Waals surface area contributed by atoms with Crippen LogP contribution < -0.4 is 5.32 Å². The fraction of sp³-hybridized carbons (Fsp3) is 0.500. The Balaban J connectivity index is 2.11. The minimum atomic E-state index is -0.901. The van der Waals surface area contributed by atoms with Gasteiger partial charge in [-0.2, -0.15) is 0 Å². The van der Waals surface area contributed by atoms with Crippen molar-refractivity contribution in [1.29, 1.82) is 0 Å². The quantitative estimate of drug-likeness (QED) is 0.895. The number of aromatic carboxylic acids is 1. The molecule has 0 unspecified atom stereocenters. The fourth-order valence-electron chi connectivity index (χ4n) is 2.74. The number of carbonyl (C=O) groups excluding carboxylic acids is 1. The first-order valence-electron chi connectivity index (χ1n) is 7.46. The molecule has 1 heterocycles. The molecule has 0 saturated heterocycles. The fourth-order valence-corrected chi connectivity index (χ4v) is 2.74. The van der Waals surface area contributed by atoms with Crippen molar-refractivity contribution in [1.82, 2.24) is 10.2 Å². The maximum absolute atomic E-state index is 12.3. The van der Waals surface area contributed by atoms with Crippen molar-refractivity contribution in [3.05, 3.63) is 34.9 Å². The van der Waals surface area contributed by atoms with Crippen LogP contribution in [0.2, 0.25) is 0 Å². The summed E-state index contributed by atoms with van der Waals surface area (Å²) in [4.78, 5) is 25.2. The number of carboxylic acid groups (broad SMARTS) is 1. The van der Waals surface area contributed by atoms with Gasteiger partial charge in [-0.15, -0.1) is 0 Å². The molecule has 21 heavy (non-hydrogen) atoms. The third kappa shape index (κ3) is 3.35. The largest absolute Gasteiger partial charge is 0.478 e. The van der Waals surface area contributed by atoms with E-state index < -0.39 is 5.97 Å². The molecule has 114 valence electrons. The van der Waals surface area contributed by atoms with Gasteiger partial charge in [-0.3, -0.25) is 0 Å². The molecule has 2 rings (SSSR count). The lowest BCUT2D eigenvalue weighted by atomic mass is 9.94. The molecule has 0 atom stereocenters. The number of fused-ring (bicyclic) bond motifs is 1. The molecule has 5 nitrogen and oxygen atoms in total. The summed E-state index contributed by atoms with van der Waals surface area (Å²) in [6.45, 7) is 5.14. The zero-order valence-electron chi connectivity index (χ0n) is 12.6. The topological polar surface area (TPSA) is 69.6 Å². The van der Waals surface area contributed by atoms with Crippen molar-refractivity contribution in [3.63, 3.8) is 0 Å². The number of carboxylic acids is 1. The number of carbonyl (C=O) groups is 2. The Labute approximate surface area is 125 Å². The summed E-state index contributed by atoms with van der Waals surface area (Å²) in [5, 5.41) is 12.2. The molecule has 2 amide bonds. The second-order valence-electron chi connectivity index (χ2n) is 5.38. The van der Waals surface area contributed by atoms with E-state index in [1.807, 2.05) is 6.07 Å². The minimum absolute atomic E-state index is 0.0601. The molecule has 1 aliphatic heterocycles. The van der Waals surface area contributed by atoms with Gasteiger partial charge in [0.1, 0.15) is 0 Å². The van der Waals surface area contributed by atoms with E-state index in [0.717, 1.165) is 24.0 Å². The SMILES string of the molecule is CCC(CC)NC(=O)N1CCc2c(cccc2C(=O)O)C1. The van der Waals surface area contributed by atoms with Crippen LogP contribution in [-0.4, -0.2) is 34.6 Å². The van der Waals surface area contributed by atoms with Crippen molar-refractivity contribution in [2.45, 2.75) is 45.7 Å². The van der Waals surface area contributed by atoms with Crippen LogP contribution in [0.5, 0.6) is 0 Å². The molecular weight excluding hydrogens is 268 g/mol. The highest BCUT2D eigenvalue weighted by atomic mass is 16.4. The molecule has 0 bridgehead atoms. The molecule has 0 fully saturated rings. The molecule has 0 spiro atoms. The van der Waals surface area contributed by atoms with Gasteiger partial charge in [0.05, 0.1) is 5.56 Å². The van der Waals surface area contributed by atoms with Crippen LogP contribution in [-0.2, 0) is 13.0 Å². The predicted octanol–water partition coefficient (Wildman–Crippen LogP) is 2.64. The average Bonchev–Trinajstić information content (AvgIpc) is 2.50. The number of benzene rings is 1. The number of nitrogens with zero attached hydrogens (tertiary/aromatic N) is 1. The lowest BCUT2D eigenvalue weighted by Gasteiger charge is -2.31. The van der Waals surface area contributed by atoms with E-state index in [2.05, 4.69) is 19.2 Å². The lowest BCUT2D eigenvalue weighted by Crippen LogP contribution is -2.46. The highest BCUT2D eigenvalue weighted by Gasteiger charge is 2.24. The number of nitrogens with one attached hydrogen (secondary N) is 1. The van der Waals surface area contributed by atoms with E-state index in [-0.39, 0.29) is 12.1 Å². The Bertz CT molecular complexity index is 538. The smallest absolute Gasteiger partial charge is 0.335 e. The number of urea groups is 1.